The predicted molar refractivity (Wildman–Crippen MR) is 72.9 cm³/mol. The van der Waals surface area contributed by atoms with Gasteiger partial charge >= 0.3 is 5.97 Å². The van der Waals surface area contributed by atoms with Crippen LogP contribution in [0.5, 0.6) is 5.75 Å². The lowest BCUT2D eigenvalue weighted by atomic mass is 10.2. The molecule has 1 aromatic carbocycles. The van der Waals surface area contributed by atoms with E-state index < -0.39 is 15.8 Å². The van der Waals surface area contributed by atoms with Crippen molar-refractivity contribution in [3.05, 3.63) is 28.8 Å². The third-order valence-electron chi connectivity index (χ3n) is 2.49. The van der Waals surface area contributed by atoms with Gasteiger partial charge in [-0.05, 0) is 18.6 Å². The van der Waals surface area contributed by atoms with Crippen LogP contribution in [0.15, 0.2) is 18.2 Å². The van der Waals surface area contributed by atoms with Crippen LogP contribution in [0.4, 0.5) is 0 Å². The zero-order chi connectivity index (χ0) is 14.5. The zero-order valence-corrected chi connectivity index (χ0v) is 12.0. The minimum absolute atomic E-state index is 0.0203. The van der Waals surface area contributed by atoms with Crippen LogP contribution in [0.3, 0.4) is 0 Å². The van der Waals surface area contributed by atoms with E-state index in [0.29, 0.717) is 6.42 Å². The summed E-state index contributed by atoms with van der Waals surface area (Å²) < 4.78 is 27.8. The molecule has 0 atom stereocenters. The second-order valence-corrected chi connectivity index (χ2v) is 6.74. The third kappa shape index (κ3) is 4.72. The first-order valence-corrected chi connectivity index (χ1v) is 7.92. The van der Waals surface area contributed by atoms with Crippen LogP contribution in [0.2, 0.25) is 5.02 Å². The molecule has 1 rings (SSSR count). The van der Waals surface area contributed by atoms with Crippen LogP contribution < -0.4 is 4.74 Å². The molecule has 0 heterocycles. The van der Waals surface area contributed by atoms with Crippen molar-refractivity contribution in [2.24, 2.45) is 0 Å². The number of hydrogen-bond acceptors (Lipinski definition) is 4. The zero-order valence-electron chi connectivity index (χ0n) is 10.4. The van der Waals surface area contributed by atoms with E-state index in [1.54, 1.807) is 13.0 Å². The average Bonchev–Trinajstić information content (AvgIpc) is 2.34. The van der Waals surface area contributed by atoms with Crippen molar-refractivity contribution >= 4 is 27.4 Å². The van der Waals surface area contributed by atoms with Gasteiger partial charge in [0.2, 0.25) is 0 Å². The Morgan fingerprint density at radius 1 is 1.42 bits per heavy atom. The van der Waals surface area contributed by atoms with E-state index in [9.17, 15) is 13.2 Å². The van der Waals surface area contributed by atoms with Crippen LogP contribution in [0, 0.1) is 0 Å². The molecule has 0 amide bonds. The highest BCUT2D eigenvalue weighted by molar-refractivity contribution is 7.91. The lowest BCUT2D eigenvalue weighted by molar-refractivity contribution is 0.0692. The minimum Gasteiger partial charge on any atom is -0.493 e. The van der Waals surface area contributed by atoms with Gasteiger partial charge in [-0.1, -0.05) is 24.6 Å². The number of sulfone groups is 1. The number of rotatable bonds is 7. The Labute approximate surface area is 117 Å². The van der Waals surface area contributed by atoms with Gasteiger partial charge in [0.15, 0.2) is 0 Å². The van der Waals surface area contributed by atoms with E-state index in [1.165, 1.54) is 12.1 Å². The standard InChI is InChI=1S/C12H15ClO5S/c1-2-19(16,17)8-4-7-18-10-6-3-5-9(13)11(10)12(14)15/h3,5-6H,2,4,7-8H2,1H3,(H,14,15). The number of halogens is 1. The van der Waals surface area contributed by atoms with Crippen molar-refractivity contribution in [3.8, 4) is 5.75 Å². The summed E-state index contributed by atoms with van der Waals surface area (Å²) in [6.07, 6.45) is 0.307. The topological polar surface area (TPSA) is 80.7 Å². The maximum absolute atomic E-state index is 11.3. The molecule has 0 saturated carbocycles. The fourth-order valence-corrected chi connectivity index (χ4v) is 2.53. The Hall–Kier alpha value is -1.27. The summed E-state index contributed by atoms with van der Waals surface area (Å²) >= 11 is 5.78. The quantitative estimate of drug-likeness (QED) is 0.781. The lowest BCUT2D eigenvalue weighted by Crippen LogP contribution is -2.12. The smallest absolute Gasteiger partial charge is 0.341 e. The van der Waals surface area contributed by atoms with Gasteiger partial charge in [0.05, 0.1) is 17.4 Å². The molecule has 106 valence electrons. The first-order chi connectivity index (χ1) is 8.87. The highest BCUT2D eigenvalue weighted by atomic mass is 35.5. The molecule has 19 heavy (non-hydrogen) atoms. The normalized spacial score (nSPS) is 11.3. The second kappa shape index (κ2) is 6.77. The Kier molecular flexibility index (Phi) is 5.62. The first kappa shape index (κ1) is 15.8. The van der Waals surface area contributed by atoms with Crippen LogP contribution in [0.25, 0.3) is 0 Å². The van der Waals surface area contributed by atoms with Crippen molar-refractivity contribution in [2.45, 2.75) is 13.3 Å². The molecular weight excluding hydrogens is 292 g/mol. The van der Waals surface area contributed by atoms with E-state index in [1.807, 2.05) is 0 Å². The number of carboxylic acid groups (broad SMARTS) is 1. The molecular formula is C12H15ClO5S. The van der Waals surface area contributed by atoms with Gasteiger partial charge in [-0.3, -0.25) is 0 Å². The number of benzene rings is 1. The molecule has 0 bridgehead atoms. The Morgan fingerprint density at radius 3 is 2.68 bits per heavy atom. The summed E-state index contributed by atoms with van der Waals surface area (Å²) in [4.78, 5) is 11.0. The molecule has 0 radical (unpaired) electrons. The van der Waals surface area contributed by atoms with Crippen molar-refractivity contribution in [1.29, 1.82) is 0 Å². The van der Waals surface area contributed by atoms with Crippen LogP contribution in [-0.2, 0) is 9.84 Å². The fraction of sp³-hybridized carbons (Fsp3) is 0.417. The maximum atomic E-state index is 11.3. The van der Waals surface area contributed by atoms with E-state index in [2.05, 4.69) is 0 Å². The van der Waals surface area contributed by atoms with Gasteiger partial charge in [0.1, 0.15) is 21.2 Å². The molecule has 0 fully saturated rings. The van der Waals surface area contributed by atoms with Gasteiger partial charge in [0.25, 0.3) is 0 Å². The molecule has 1 aromatic rings. The third-order valence-corrected chi connectivity index (χ3v) is 4.59. The molecule has 0 aliphatic carbocycles. The molecule has 1 N–H and O–H groups in total. The first-order valence-electron chi connectivity index (χ1n) is 5.72. The number of aromatic carboxylic acids is 1. The summed E-state index contributed by atoms with van der Waals surface area (Å²) in [5, 5.41) is 9.10. The molecule has 0 aromatic heterocycles. The average molecular weight is 307 g/mol. The Morgan fingerprint density at radius 2 is 2.11 bits per heavy atom. The monoisotopic (exact) mass is 306 g/mol. The van der Waals surface area contributed by atoms with E-state index in [-0.39, 0.29) is 34.4 Å². The molecule has 5 nitrogen and oxygen atoms in total. The van der Waals surface area contributed by atoms with Crippen molar-refractivity contribution in [3.63, 3.8) is 0 Å². The van der Waals surface area contributed by atoms with E-state index in [0.717, 1.165) is 0 Å². The fourth-order valence-electron chi connectivity index (χ4n) is 1.44. The van der Waals surface area contributed by atoms with E-state index in [4.69, 9.17) is 21.4 Å². The van der Waals surface area contributed by atoms with Crippen molar-refractivity contribution < 1.29 is 23.1 Å². The summed E-state index contributed by atoms with van der Waals surface area (Å²) in [6.45, 7) is 1.70. The summed E-state index contributed by atoms with van der Waals surface area (Å²) in [5.74, 6) is -0.924. The summed E-state index contributed by atoms with van der Waals surface area (Å²) in [7, 11) is -3.03. The maximum Gasteiger partial charge on any atom is 0.341 e. The van der Waals surface area contributed by atoms with Crippen LogP contribution in [-0.4, -0.2) is 37.6 Å². The minimum atomic E-state index is -3.03. The Balaban J connectivity index is 2.64. The predicted octanol–water partition coefficient (Wildman–Crippen LogP) is 2.24. The van der Waals surface area contributed by atoms with Crippen molar-refractivity contribution in [1.82, 2.24) is 0 Å². The van der Waals surface area contributed by atoms with Crippen LogP contribution >= 0.6 is 11.6 Å². The van der Waals surface area contributed by atoms with Crippen molar-refractivity contribution in [2.75, 3.05) is 18.1 Å². The highest BCUT2D eigenvalue weighted by Gasteiger charge is 2.15. The molecule has 0 aliphatic heterocycles. The SMILES string of the molecule is CCS(=O)(=O)CCCOc1cccc(Cl)c1C(=O)O. The second-order valence-electron chi connectivity index (χ2n) is 3.86. The largest absolute Gasteiger partial charge is 0.493 e. The molecule has 7 heteroatoms. The lowest BCUT2D eigenvalue weighted by Gasteiger charge is -2.10. The van der Waals surface area contributed by atoms with Gasteiger partial charge in [-0.15, -0.1) is 0 Å². The van der Waals surface area contributed by atoms with Gasteiger partial charge < -0.3 is 9.84 Å². The summed E-state index contributed by atoms with van der Waals surface area (Å²) in [6, 6.07) is 4.52. The number of hydrogen-bond donors (Lipinski definition) is 1. The molecule has 0 aliphatic rings. The summed E-state index contributed by atoms with van der Waals surface area (Å²) in [5.41, 5.74) is -0.109. The number of carboxylic acids is 1. The highest BCUT2D eigenvalue weighted by Crippen LogP contribution is 2.26. The van der Waals surface area contributed by atoms with Gasteiger partial charge in [0, 0.05) is 5.75 Å². The van der Waals surface area contributed by atoms with Gasteiger partial charge in [-0.2, -0.15) is 0 Å². The molecule has 0 unspecified atom stereocenters. The van der Waals surface area contributed by atoms with E-state index >= 15 is 0 Å². The molecule has 0 saturated heterocycles. The number of carbonyl (C=O) groups is 1. The van der Waals surface area contributed by atoms with Gasteiger partial charge in [-0.25, -0.2) is 13.2 Å². The molecule has 0 spiro atoms. The van der Waals surface area contributed by atoms with Crippen LogP contribution in [0.1, 0.15) is 23.7 Å². The Bertz CT molecular complexity index is 553. The number of ether oxygens (including phenoxy) is 1.